The number of fused-ring (bicyclic) bond motifs is 1. The molecule has 1 saturated carbocycles. The van der Waals surface area contributed by atoms with Crippen LogP contribution in [0.2, 0.25) is 5.02 Å². The fourth-order valence-corrected chi connectivity index (χ4v) is 7.35. The highest BCUT2D eigenvalue weighted by molar-refractivity contribution is 7.89. The molecule has 1 aliphatic heterocycles. The largest absolute Gasteiger partial charge is 0.494 e. The second kappa shape index (κ2) is 11.2. The van der Waals surface area contributed by atoms with Crippen LogP contribution >= 0.6 is 11.6 Å². The summed E-state index contributed by atoms with van der Waals surface area (Å²) in [6.07, 6.45) is 12.2. The standard InChI is InChI=1S/C27H39ClN2O3S/c1-3-23(4-2)30-34(31,32)18-6-17-33-24-12-7-20-13-16-29-26(25(20)19-24)27(14-5-15-27)21-8-10-22(28)11-9-21/h8-12,19-20,23,26,29-30H,3-7,13-18H2,1-2H3. The Morgan fingerprint density at radius 3 is 2.59 bits per heavy atom. The lowest BCUT2D eigenvalue weighted by Crippen LogP contribution is -2.57. The number of halogens is 1. The van der Waals surface area contributed by atoms with E-state index in [0.717, 1.165) is 43.0 Å². The number of hydrogen-bond donors (Lipinski definition) is 2. The zero-order valence-corrected chi connectivity index (χ0v) is 22.1. The van der Waals surface area contributed by atoms with E-state index in [-0.39, 0.29) is 17.2 Å². The maximum atomic E-state index is 12.3. The fraction of sp³-hybridized carbons (Fsp3) is 0.630. The SMILES string of the molecule is CCC(CC)NS(=O)(=O)CCCOC1=CCC2CCNC(C3(c4ccc(Cl)cc4)CCC3)C2=C1. The quantitative estimate of drug-likeness (QED) is 0.390. The molecule has 2 fully saturated rings. The number of sulfonamides is 1. The van der Waals surface area contributed by atoms with Crippen LogP contribution in [-0.4, -0.2) is 39.4 Å². The molecule has 0 spiro atoms. The summed E-state index contributed by atoms with van der Waals surface area (Å²) in [6.45, 7) is 5.45. The highest BCUT2D eigenvalue weighted by atomic mass is 35.5. The van der Waals surface area contributed by atoms with Gasteiger partial charge in [0.25, 0.3) is 0 Å². The molecule has 2 atom stereocenters. The first-order chi connectivity index (χ1) is 16.4. The van der Waals surface area contributed by atoms with Crippen LogP contribution in [-0.2, 0) is 20.2 Å². The Kier molecular flexibility index (Phi) is 8.44. The van der Waals surface area contributed by atoms with Crippen LogP contribution in [0.25, 0.3) is 0 Å². The van der Waals surface area contributed by atoms with Crippen molar-refractivity contribution in [2.24, 2.45) is 5.92 Å². The Balaban J connectivity index is 1.40. The van der Waals surface area contributed by atoms with Crippen LogP contribution < -0.4 is 10.0 Å². The van der Waals surface area contributed by atoms with E-state index < -0.39 is 10.0 Å². The Hall–Kier alpha value is -1.34. The lowest BCUT2D eigenvalue weighted by Gasteiger charge is -2.53. The predicted octanol–water partition coefficient (Wildman–Crippen LogP) is 5.47. The third-order valence-electron chi connectivity index (χ3n) is 7.93. The molecule has 2 unspecified atom stereocenters. The van der Waals surface area contributed by atoms with Gasteiger partial charge < -0.3 is 10.1 Å². The number of hydrogen-bond acceptors (Lipinski definition) is 4. The molecule has 7 heteroatoms. The summed E-state index contributed by atoms with van der Waals surface area (Å²) in [5, 5.41) is 4.62. The highest BCUT2D eigenvalue weighted by Gasteiger charge is 2.49. The van der Waals surface area contributed by atoms with Gasteiger partial charge in [0, 0.05) is 22.5 Å². The Morgan fingerprint density at radius 2 is 1.94 bits per heavy atom. The van der Waals surface area contributed by atoms with Crippen molar-refractivity contribution in [3.05, 3.63) is 58.3 Å². The number of ether oxygens (including phenoxy) is 1. The normalized spacial score (nSPS) is 24.1. The van der Waals surface area contributed by atoms with E-state index in [9.17, 15) is 8.42 Å². The number of piperidine rings is 1. The molecular weight excluding hydrogens is 468 g/mol. The zero-order chi connectivity index (χ0) is 24.2. The molecule has 0 amide bonds. The van der Waals surface area contributed by atoms with E-state index in [2.05, 4.69) is 34.3 Å². The van der Waals surface area contributed by atoms with Crippen molar-refractivity contribution in [3.8, 4) is 0 Å². The van der Waals surface area contributed by atoms with E-state index in [1.165, 1.54) is 30.4 Å². The third-order valence-corrected chi connectivity index (χ3v) is 9.70. The van der Waals surface area contributed by atoms with Crippen molar-refractivity contribution in [2.45, 2.75) is 82.7 Å². The first-order valence-electron chi connectivity index (χ1n) is 12.9. The molecule has 2 N–H and O–H groups in total. The molecule has 1 saturated heterocycles. The summed E-state index contributed by atoms with van der Waals surface area (Å²) < 4.78 is 33.5. The molecule has 5 nitrogen and oxygen atoms in total. The van der Waals surface area contributed by atoms with Crippen LogP contribution in [0.5, 0.6) is 0 Å². The molecule has 1 heterocycles. The Bertz CT molecular complexity index is 995. The minimum absolute atomic E-state index is 0.0174. The summed E-state index contributed by atoms with van der Waals surface area (Å²) in [5.41, 5.74) is 2.93. The summed E-state index contributed by atoms with van der Waals surface area (Å²) in [4.78, 5) is 0. The van der Waals surface area contributed by atoms with Crippen LogP contribution in [0.1, 0.15) is 70.8 Å². The van der Waals surface area contributed by atoms with Crippen molar-refractivity contribution in [3.63, 3.8) is 0 Å². The summed E-state index contributed by atoms with van der Waals surface area (Å²) >= 11 is 6.17. The van der Waals surface area contributed by atoms with Gasteiger partial charge in [-0.3, -0.25) is 0 Å². The molecule has 1 aromatic rings. The van der Waals surface area contributed by atoms with E-state index in [1.54, 1.807) is 0 Å². The van der Waals surface area contributed by atoms with Crippen LogP contribution in [0.3, 0.4) is 0 Å². The van der Waals surface area contributed by atoms with Crippen molar-refractivity contribution in [1.29, 1.82) is 0 Å². The van der Waals surface area contributed by atoms with Gasteiger partial charge in [0.15, 0.2) is 0 Å². The molecule has 0 aromatic heterocycles. The van der Waals surface area contributed by atoms with E-state index in [0.29, 0.717) is 25.0 Å². The molecule has 0 radical (unpaired) electrons. The second-order valence-corrected chi connectivity index (χ2v) is 12.3. The van der Waals surface area contributed by atoms with Crippen molar-refractivity contribution >= 4 is 21.6 Å². The maximum absolute atomic E-state index is 12.3. The van der Waals surface area contributed by atoms with Crippen molar-refractivity contribution < 1.29 is 13.2 Å². The van der Waals surface area contributed by atoms with Gasteiger partial charge in [0.05, 0.1) is 12.4 Å². The summed E-state index contributed by atoms with van der Waals surface area (Å²) in [5.74, 6) is 1.53. The van der Waals surface area contributed by atoms with E-state index in [1.807, 2.05) is 26.0 Å². The van der Waals surface area contributed by atoms with Crippen molar-refractivity contribution in [2.75, 3.05) is 18.9 Å². The third kappa shape index (κ3) is 5.72. The molecule has 188 valence electrons. The number of benzene rings is 1. The first kappa shape index (κ1) is 25.7. The van der Waals surface area contributed by atoms with Gasteiger partial charge >= 0.3 is 0 Å². The van der Waals surface area contributed by atoms with Crippen LogP contribution in [0.15, 0.2) is 47.7 Å². The van der Waals surface area contributed by atoms with Crippen molar-refractivity contribution in [1.82, 2.24) is 10.0 Å². The first-order valence-corrected chi connectivity index (χ1v) is 14.9. The van der Waals surface area contributed by atoms with Crippen LogP contribution in [0.4, 0.5) is 0 Å². The predicted molar refractivity (Wildman–Crippen MR) is 140 cm³/mol. The van der Waals surface area contributed by atoms with Gasteiger partial charge in [-0.25, -0.2) is 13.1 Å². The van der Waals surface area contributed by atoms with Crippen LogP contribution in [0, 0.1) is 5.92 Å². The van der Waals surface area contributed by atoms with E-state index >= 15 is 0 Å². The summed E-state index contributed by atoms with van der Waals surface area (Å²) in [6, 6.07) is 8.72. The molecule has 0 bridgehead atoms. The average Bonchev–Trinajstić information content (AvgIpc) is 2.81. The molecule has 34 heavy (non-hydrogen) atoms. The molecule has 4 rings (SSSR count). The molecule has 1 aromatic carbocycles. The second-order valence-electron chi connectivity index (χ2n) is 10.0. The minimum Gasteiger partial charge on any atom is -0.494 e. The number of nitrogens with one attached hydrogen (secondary N) is 2. The van der Waals surface area contributed by atoms with Gasteiger partial charge in [-0.1, -0.05) is 44.0 Å². The monoisotopic (exact) mass is 506 g/mol. The van der Waals surface area contributed by atoms with Gasteiger partial charge in [-0.2, -0.15) is 0 Å². The Labute approximate surface area is 210 Å². The smallest absolute Gasteiger partial charge is 0.211 e. The number of rotatable bonds is 11. The zero-order valence-electron chi connectivity index (χ0n) is 20.5. The lowest BCUT2D eigenvalue weighted by atomic mass is 9.56. The maximum Gasteiger partial charge on any atom is 0.211 e. The molecule has 3 aliphatic rings. The van der Waals surface area contributed by atoms with Gasteiger partial charge in [-0.15, -0.1) is 0 Å². The van der Waals surface area contributed by atoms with Gasteiger partial charge in [0.2, 0.25) is 10.0 Å². The summed E-state index contributed by atoms with van der Waals surface area (Å²) in [7, 11) is -3.27. The lowest BCUT2D eigenvalue weighted by molar-refractivity contribution is 0.161. The minimum atomic E-state index is -3.27. The number of allylic oxidation sites excluding steroid dienone is 2. The topological polar surface area (TPSA) is 67.4 Å². The van der Waals surface area contributed by atoms with E-state index in [4.69, 9.17) is 16.3 Å². The Morgan fingerprint density at radius 1 is 1.21 bits per heavy atom. The highest BCUT2D eigenvalue weighted by Crippen LogP contribution is 2.51. The van der Waals surface area contributed by atoms with Gasteiger partial charge in [-0.05, 0) is 92.8 Å². The van der Waals surface area contributed by atoms with Gasteiger partial charge in [0.1, 0.15) is 5.76 Å². The molecular formula is C27H39ClN2O3S. The average molecular weight is 507 g/mol. The molecule has 2 aliphatic carbocycles. The fourth-order valence-electron chi connectivity index (χ4n) is 5.76.